The van der Waals surface area contributed by atoms with Crippen molar-refractivity contribution in [1.82, 2.24) is 14.3 Å². The van der Waals surface area contributed by atoms with Crippen LogP contribution in [-0.4, -0.2) is 29.8 Å². The third kappa shape index (κ3) is 3.28. The first kappa shape index (κ1) is 22.9. The number of amides is 1. The maximum absolute atomic E-state index is 14.5. The van der Waals surface area contributed by atoms with E-state index in [4.69, 9.17) is 4.74 Å². The average Bonchev–Trinajstić information content (AvgIpc) is 3.55. The van der Waals surface area contributed by atoms with E-state index in [1.54, 1.807) is 7.11 Å². The molecule has 5 aromatic rings. The first-order chi connectivity index (χ1) is 18.5. The van der Waals surface area contributed by atoms with Gasteiger partial charge in [-0.3, -0.25) is 4.68 Å². The van der Waals surface area contributed by atoms with E-state index < -0.39 is 5.41 Å². The third-order valence-corrected chi connectivity index (χ3v) is 8.59. The van der Waals surface area contributed by atoms with Crippen molar-refractivity contribution in [1.29, 1.82) is 0 Å². The van der Waals surface area contributed by atoms with E-state index in [1.807, 2.05) is 35.1 Å². The lowest BCUT2D eigenvalue weighted by Gasteiger charge is -2.28. The topological polar surface area (TPSA) is 44.1 Å². The summed E-state index contributed by atoms with van der Waals surface area (Å²) in [7, 11) is 3.79. The van der Waals surface area contributed by atoms with Crippen molar-refractivity contribution in [3.05, 3.63) is 126 Å². The van der Waals surface area contributed by atoms with Crippen molar-refractivity contribution in [2.24, 2.45) is 0 Å². The predicted molar refractivity (Wildman–Crippen MR) is 150 cm³/mol. The second-order valence-corrected chi connectivity index (χ2v) is 10.8. The van der Waals surface area contributed by atoms with E-state index in [9.17, 15) is 4.79 Å². The Kier molecular flexibility index (Phi) is 5.07. The van der Waals surface area contributed by atoms with E-state index in [1.165, 1.54) is 5.56 Å². The molecule has 1 amide bonds. The number of likely N-dealkylation sites (N-methyl/N-ethyl adjacent to an activating group) is 1. The molecule has 1 spiro atoms. The number of para-hydroxylation sites is 1. The molecule has 1 aliphatic carbocycles. The molecule has 188 valence electrons. The first-order valence-electron chi connectivity index (χ1n) is 13.2. The molecule has 2 heterocycles. The summed E-state index contributed by atoms with van der Waals surface area (Å²) in [6.07, 6.45) is 2.69. The fourth-order valence-electron chi connectivity index (χ4n) is 6.68. The summed E-state index contributed by atoms with van der Waals surface area (Å²) in [6, 6.07) is 33.4. The van der Waals surface area contributed by atoms with Crippen LogP contribution in [-0.2, 0) is 23.3 Å². The summed E-state index contributed by atoms with van der Waals surface area (Å²) in [5, 5.41) is 5.73. The number of hydrogen-bond acceptors (Lipinski definition) is 3. The number of methoxy groups -OCH3 is 1. The van der Waals surface area contributed by atoms with Gasteiger partial charge in [-0.25, -0.2) is 9.28 Å². The highest BCUT2D eigenvalue weighted by molar-refractivity contribution is 6.07. The number of ether oxygens (including phenoxy) is 1. The molecular formula is C33H30N3O2+. The number of fused-ring (bicyclic) bond motifs is 3. The molecule has 2 aliphatic rings. The highest BCUT2D eigenvalue weighted by Crippen LogP contribution is 2.69. The van der Waals surface area contributed by atoms with E-state index in [2.05, 4.69) is 84.9 Å². The van der Waals surface area contributed by atoms with Crippen molar-refractivity contribution < 1.29 is 9.53 Å². The Morgan fingerprint density at radius 1 is 0.947 bits per heavy atom. The van der Waals surface area contributed by atoms with Crippen molar-refractivity contribution in [2.45, 2.75) is 30.8 Å². The van der Waals surface area contributed by atoms with Gasteiger partial charge in [0.05, 0.1) is 32.4 Å². The van der Waals surface area contributed by atoms with Crippen LogP contribution in [0, 0.1) is 0 Å². The van der Waals surface area contributed by atoms with Gasteiger partial charge in [-0.1, -0.05) is 78.9 Å². The fourth-order valence-corrected chi connectivity index (χ4v) is 6.68. The number of benzene rings is 4. The zero-order chi connectivity index (χ0) is 25.9. The Morgan fingerprint density at radius 3 is 2.37 bits per heavy atom. The van der Waals surface area contributed by atoms with Gasteiger partial charge in [0.15, 0.2) is 0 Å². The van der Waals surface area contributed by atoms with Gasteiger partial charge in [-0.05, 0) is 30.2 Å². The molecule has 38 heavy (non-hydrogen) atoms. The summed E-state index contributed by atoms with van der Waals surface area (Å²) >= 11 is 0. The monoisotopic (exact) mass is 500 g/mol. The Hall–Kier alpha value is -4.22. The van der Waals surface area contributed by atoms with Crippen molar-refractivity contribution in [3.8, 4) is 5.75 Å². The quantitative estimate of drug-likeness (QED) is 0.261. The molecule has 1 saturated carbocycles. The molecule has 1 unspecified atom stereocenters. The van der Waals surface area contributed by atoms with E-state index in [-0.39, 0.29) is 16.3 Å². The fraction of sp³-hybridized carbons (Fsp3) is 0.212. The van der Waals surface area contributed by atoms with Crippen LogP contribution < -0.4 is 9.22 Å². The van der Waals surface area contributed by atoms with Crippen molar-refractivity contribution in [2.75, 3.05) is 14.2 Å². The Morgan fingerprint density at radius 2 is 1.63 bits per heavy atom. The van der Waals surface area contributed by atoms with Crippen molar-refractivity contribution in [3.63, 3.8) is 0 Å². The number of carbonyl (C=O) groups is 1. The molecule has 1 fully saturated rings. The lowest BCUT2D eigenvalue weighted by Crippen LogP contribution is -2.49. The SMILES string of the molecule is COc1cc2cnn(Cc3ccccc3)c2cc1[C@@H]1C[C@@]12C(=O)[N+](C)(Cc1ccccc1)c1ccccc12. The molecule has 5 heteroatoms. The molecule has 0 N–H and O–H groups in total. The van der Waals surface area contributed by atoms with E-state index in [0.29, 0.717) is 13.1 Å². The molecule has 0 bridgehead atoms. The van der Waals surface area contributed by atoms with Gasteiger partial charge in [0.2, 0.25) is 0 Å². The summed E-state index contributed by atoms with van der Waals surface area (Å²) < 4.78 is 8.23. The number of hydrogen-bond donors (Lipinski definition) is 0. The molecule has 7 rings (SSSR count). The van der Waals surface area contributed by atoms with Crippen LogP contribution in [0.25, 0.3) is 10.9 Å². The van der Waals surface area contributed by atoms with Crippen LogP contribution in [0.15, 0.2) is 103 Å². The van der Waals surface area contributed by atoms with Gasteiger partial charge < -0.3 is 4.74 Å². The van der Waals surface area contributed by atoms with Crippen LogP contribution in [0.4, 0.5) is 5.69 Å². The predicted octanol–water partition coefficient (Wildman–Crippen LogP) is 6.20. The van der Waals surface area contributed by atoms with Gasteiger partial charge in [-0.2, -0.15) is 5.10 Å². The molecule has 0 saturated heterocycles. The molecule has 1 aliphatic heterocycles. The zero-order valence-electron chi connectivity index (χ0n) is 21.7. The van der Waals surface area contributed by atoms with Gasteiger partial charge in [-0.15, -0.1) is 0 Å². The molecule has 3 atom stereocenters. The summed E-state index contributed by atoms with van der Waals surface area (Å²) in [5.74, 6) is 1.16. The maximum atomic E-state index is 14.5. The largest absolute Gasteiger partial charge is 0.496 e. The Bertz CT molecular complexity index is 1680. The molecule has 4 aromatic carbocycles. The minimum absolute atomic E-state index is 0.0614. The number of carbonyl (C=O) groups excluding carboxylic acids is 1. The van der Waals surface area contributed by atoms with Crippen LogP contribution in [0.3, 0.4) is 0 Å². The first-order valence-corrected chi connectivity index (χ1v) is 13.2. The minimum atomic E-state index is -0.536. The van der Waals surface area contributed by atoms with E-state index >= 15 is 0 Å². The summed E-state index contributed by atoms with van der Waals surface area (Å²) in [5.41, 5.74) is 6.25. The average molecular weight is 501 g/mol. The van der Waals surface area contributed by atoms with Gasteiger partial charge in [0.25, 0.3) is 0 Å². The molecule has 1 aromatic heterocycles. The highest BCUT2D eigenvalue weighted by Gasteiger charge is 2.73. The smallest absolute Gasteiger partial charge is 0.330 e. The second-order valence-electron chi connectivity index (χ2n) is 10.8. The van der Waals surface area contributed by atoms with Crippen LogP contribution in [0.5, 0.6) is 5.75 Å². The second kappa shape index (κ2) is 8.40. The standard InChI is InChI=1S/C33H30N3O2/c1-36(22-24-13-7-4-8-14-24)30-16-10-9-15-27(30)33(32(36)37)19-28(33)26-18-29-25(17-31(26)38-2)20-34-35(29)21-23-11-5-3-6-12-23/h3-18,20,28H,19,21-22H2,1-2H3/q+1/t28-,33-,36?/m0/s1. The highest BCUT2D eigenvalue weighted by atomic mass is 16.5. The Labute approximate surface area is 222 Å². The van der Waals surface area contributed by atoms with E-state index in [0.717, 1.165) is 45.5 Å². The molecule has 5 nitrogen and oxygen atoms in total. The van der Waals surface area contributed by atoms with Gasteiger partial charge in [0.1, 0.15) is 23.4 Å². The van der Waals surface area contributed by atoms with Crippen LogP contribution in [0.2, 0.25) is 0 Å². The molecular weight excluding hydrogens is 470 g/mol. The number of quaternary nitrogens is 1. The number of aromatic nitrogens is 2. The number of rotatable bonds is 6. The lowest BCUT2D eigenvalue weighted by atomic mass is 9.91. The van der Waals surface area contributed by atoms with Crippen LogP contribution >= 0.6 is 0 Å². The minimum Gasteiger partial charge on any atom is -0.496 e. The third-order valence-electron chi connectivity index (χ3n) is 8.59. The summed E-state index contributed by atoms with van der Waals surface area (Å²) in [4.78, 5) is 14.5. The normalized spacial score (nSPS) is 23.6. The number of nitrogens with zero attached hydrogens (tertiary/aromatic N) is 3. The maximum Gasteiger partial charge on any atom is 0.330 e. The zero-order valence-corrected chi connectivity index (χ0v) is 21.7. The lowest BCUT2D eigenvalue weighted by molar-refractivity contribution is -0.130. The Balaban J connectivity index is 1.31. The van der Waals surface area contributed by atoms with Crippen LogP contribution in [0.1, 0.15) is 34.6 Å². The van der Waals surface area contributed by atoms with Crippen molar-refractivity contribution >= 4 is 22.5 Å². The summed E-state index contributed by atoms with van der Waals surface area (Å²) in [6.45, 7) is 1.34. The van der Waals surface area contributed by atoms with Gasteiger partial charge >= 0.3 is 5.91 Å². The van der Waals surface area contributed by atoms with Gasteiger partial charge in [0, 0.05) is 28.0 Å². The molecule has 0 radical (unpaired) electrons.